The fourth-order valence-electron chi connectivity index (χ4n) is 0.283. The van der Waals surface area contributed by atoms with Crippen LogP contribution in [0.3, 0.4) is 0 Å². The maximum atomic E-state index is 6.81. The largest absolute Gasteiger partial charge is 0.379 e. The van der Waals surface area contributed by atoms with Crippen molar-refractivity contribution >= 4 is 16.9 Å². The van der Waals surface area contributed by atoms with Crippen LogP contribution in [-0.4, -0.2) is 10.0 Å². The third-order valence-electron chi connectivity index (χ3n) is 0.373. The molecule has 5 N–H and O–H groups in total. The molecule has 0 aliphatic heterocycles. The van der Waals surface area contributed by atoms with Crippen molar-refractivity contribution in [2.75, 3.05) is 0 Å². The number of nitrogens with one attached hydrogen (secondary N) is 1. The first-order valence-corrected chi connectivity index (χ1v) is 3.05. The van der Waals surface area contributed by atoms with Crippen LogP contribution in [0.25, 0.3) is 0 Å². The van der Waals surface area contributed by atoms with Crippen molar-refractivity contribution in [2.45, 2.75) is 18.7 Å². The predicted octanol–water partition coefficient (Wildman–Crippen LogP) is 0.308. The molecule has 0 aliphatic rings. The molecule has 0 atom stereocenters. The summed E-state index contributed by atoms with van der Waals surface area (Å²) in [4.78, 5) is -0.411. The molecule has 0 spiro atoms. The van der Waals surface area contributed by atoms with Crippen LogP contribution in [0.4, 0.5) is 0 Å². The Morgan fingerprint density at radius 3 is 2.00 bits per heavy atom. The van der Waals surface area contributed by atoms with E-state index in [1.54, 1.807) is 13.8 Å². The topological polar surface area (TPSA) is 75.9 Å². The molecule has 0 fully saturated rings. The van der Waals surface area contributed by atoms with Gasteiger partial charge in [-0.15, -0.1) is 0 Å². The van der Waals surface area contributed by atoms with Crippen LogP contribution in [0.5, 0.6) is 0 Å². The maximum absolute atomic E-state index is 6.81. The minimum Gasteiger partial charge on any atom is -0.379 e. The smallest absolute Gasteiger partial charge is 0.152 e. The quantitative estimate of drug-likeness (QED) is 0.274. The summed E-state index contributed by atoms with van der Waals surface area (Å²) in [6, 6.07) is 0. The standard InChI is InChI=1S/C4H11N3S/c1-4(2,7)8-3(5)6/h7H2,1-2H3,(H3,5,6). The molecule has 0 aromatic carbocycles. The van der Waals surface area contributed by atoms with Crippen LogP contribution in [0.1, 0.15) is 13.8 Å². The van der Waals surface area contributed by atoms with Gasteiger partial charge in [-0.05, 0) is 13.8 Å². The Kier molecular flexibility index (Phi) is 2.30. The van der Waals surface area contributed by atoms with E-state index in [-0.39, 0.29) is 5.17 Å². The van der Waals surface area contributed by atoms with Crippen molar-refractivity contribution in [3.63, 3.8) is 0 Å². The van der Waals surface area contributed by atoms with Crippen LogP contribution in [0.15, 0.2) is 0 Å². The molecule has 0 aromatic heterocycles. The second-order valence-electron chi connectivity index (χ2n) is 2.07. The zero-order chi connectivity index (χ0) is 6.78. The first-order chi connectivity index (χ1) is 3.42. The monoisotopic (exact) mass is 133 g/mol. The van der Waals surface area contributed by atoms with Crippen molar-refractivity contribution in [1.82, 2.24) is 0 Å². The molecular weight excluding hydrogens is 122 g/mol. The lowest BCUT2D eigenvalue weighted by Crippen LogP contribution is -2.30. The van der Waals surface area contributed by atoms with Crippen molar-refractivity contribution in [3.05, 3.63) is 0 Å². The van der Waals surface area contributed by atoms with Gasteiger partial charge in [0, 0.05) is 0 Å². The molecule has 0 aromatic rings. The highest BCUT2D eigenvalue weighted by molar-refractivity contribution is 8.14. The molecule has 0 amide bonds. The summed E-state index contributed by atoms with van der Waals surface area (Å²) >= 11 is 1.15. The van der Waals surface area contributed by atoms with E-state index in [0.29, 0.717) is 0 Å². The molecule has 48 valence electrons. The van der Waals surface area contributed by atoms with E-state index in [2.05, 4.69) is 0 Å². The highest BCUT2D eigenvalue weighted by Crippen LogP contribution is 2.15. The Morgan fingerprint density at radius 1 is 1.62 bits per heavy atom. The molecule has 0 bridgehead atoms. The van der Waals surface area contributed by atoms with E-state index in [1.807, 2.05) is 0 Å². The highest BCUT2D eigenvalue weighted by Gasteiger charge is 2.11. The van der Waals surface area contributed by atoms with Crippen LogP contribution in [-0.2, 0) is 0 Å². The molecular formula is C4H11N3S. The van der Waals surface area contributed by atoms with Gasteiger partial charge >= 0.3 is 0 Å². The van der Waals surface area contributed by atoms with Gasteiger partial charge in [0.2, 0.25) is 0 Å². The first kappa shape index (κ1) is 7.78. The minimum atomic E-state index is -0.411. The molecule has 0 saturated carbocycles. The average Bonchev–Trinajstić information content (AvgIpc) is 1.21. The summed E-state index contributed by atoms with van der Waals surface area (Å²) in [5.74, 6) is 0. The van der Waals surface area contributed by atoms with Crippen molar-refractivity contribution in [3.8, 4) is 0 Å². The van der Waals surface area contributed by atoms with E-state index in [9.17, 15) is 0 Å². The number of thioether (sulfide) groups is 1. The van der Waals surface area contributed by atoms with Gasteiger partial charge in [-0.2, -0.15) is 0 Å². The molecule has 3 nitrogen and oxygen atoms in total. The molecule has 0 heterocycles. The van der Waals surface area contributed by atoms with Crippen LogP contribution in [0.2, 0.25) is 0 Å². The van der Waals surface area contributed by atoms with Gasteiger partial charge in [0.05, 0.1) is 4.87 Å². The van der Waals surface area contributed by atoms with Gasteiger partial charge in [-0.3, -0.25) is 5.41 Å². The molecule has 8 heavy (non-hydrogen) atoms. The second kappa shape index (κ2) is 2.37. The third kappa shape index (κ3) is 5.78. The predicted molar refractivity (Wildman–Crippen MR) is 37.8 cm³/mol. The van der Waals surface area contributed by atoms with Gasteiger partial charge in [0.1, 0.15) is 0 Å². The maximum Gasteiger partial charge on any atom is 0.152 e. The number of amidine groups is 1. The fraction of sp³-hybridized carbons (Fsp3) is 0.750. The Labute approximate surface area is 53.3 Å². The van der Waals surface area contributed by atoms with E-state index in [1.165, 1.54) is 0 Å². The van der Waals surface area contributed by atoms with Crippen molar-refractivity contribution < 1.29 is 0 Å². The third-order valence-corrected chi connectivity index (χ3v) is 1.12. The summed E-state index contributed by atoms with van der Waals surface area (Å²) < 4.78 is 0. The summed E-state index contributed by atoms with van der Waals surface area (Å²) in [6.07, 6.45) is 0. The molecule has 0 rings (SSSR count). The van der Waals surface area contributed by atoms with Gasteiger partial charge in [-0.25, -0.2) is 0 Å². The molecule has 0 radical (unpaired) electrons. The van der Waals surface area contributed by atoms with E-state index < -0.39 is 4.87 Å². The van der Waals surface area contributed by atoms with E-state index >= 15 is 0 Å². The Balaban J connectivity index is 3.55. The molecule has 0 aliphatic carbocycles. The Hall–Kier alpha value is -0.220. The minimum absolute atomic E-state index is 0.0671. The number of rotatable bonds is 1. The lowest BCUT2D eigenvalue weighted by molar-refractivity contribution is 0.763. The summed E-state index contributed by atoms with van der Waals surface area (Å²) in [6.45, 7) is 3.61. The second-order valence-corrected chi connectivity index (χ2v) is 3.77. The Bertz CT molecular complexity index is 93.9. The zero-order valence-electron chi connectivity index (χ0n) is 5.06. The molecule has 4 heteroatoms. The fourth-order valence-corrected chi connectivity index (χ4v) is 0.850. The average molecular weight is 133 g/mol. The van der Waals surface area contributed by atoms with Crippen LogP contribution in [0, 0.1) is 5.41 Å². The Morgan fingerprint density at radius 2 is 2.00 bits per heavy atom. The normalized spacial score (nSPS) is 11.4. The number of nitrogens with two attached hydrogens (primary N) is 2. The van der Waals surface area contributed by atoms with Gasteiger partial charge in [0.25, 0.3) is 0 Å². The van der Waals surface area contributed by atoms with Gasteiger partial charge in [-0.1, -0.05) is 11.8 Å². The van der Waals surface area contributed by atoms with E-state index in [4.69, 9.17) is 16.9 Å². The van der Waals surface area contributed by atoms with Crippen molar-refractivity contribution in [2.24, 2.45) is 11.5 Å². The molecule has 0 saturated heterocycles. The summed E-state index contributed by atoms with van der Waals surface area (Å²) in [5.41, 5.74) is 10.5. The lowest BCUT2D eigenvalue weighted by Gasteiger charge is -2.15. The first-order valence-electron chi connectivity index (χ1n) is 2.24. The number of hydrogen-bond donors (Lipinski definition) is 3. The van der Waals surface area contributed by atoms with Crippen LogP contribution >= 0.6 is 11.8 Å². The van der Waals surface area contributed by atoms with Gasteiger partial charge in [0.15, 0.2) is 5.17 Å². The van der Waals surface area contributed by atoms with Gasteiger partial charge < -0.3 is 11.5 Å². The van der Waals surface area contributed by atoms with Crippen molar-refractivity contribution in [1.29, 1.82) is 5.41 Å². The zero-order valence-corrected chi connectivity index (χ0v) is 5.88. The van der Waals surface area contributed by atoms with E-state index in [0.717, 1.165) is 11.8 Å². The lowest BCUT2D eigenvalue weighted by atomic mass is 10.4. The highest BCUT2D eigenvalue weighted by atomic mass is 32.2. The number of hydrogen-bond acceptors (Lipinski definition) is 3. The summed E-state index contributed by atoms with van der Waals surface area (Å²) in [7, 11) is 0. The summed E-state index contributed by atoms with van der Waals surface area (Å²) in [5, 5.41) is 6.88. The van der Waals surface area contributed by atoms with Crippen LogP contribution < -0.4 is 11.5 Å². The SMILES string of the molecule is CC(C)(N)SC(=N)N. The molecule has 0 unspecified atom stereocenters.